The normalized spacial score (nSPS) is 10.8. The number of hydrazone groups is 1. The number of carbonyl (C=O) groups is 2. The Morgan fingerprint density at radius 3 is 2.48 bits per heavy atom. The molecule has 0 radical (unpaired) electrons. The van der Waals surface area contributed by atoms with Crippen molar-refractivity contribution >= 4 is 34.5 Å². The summed E-state index contributed by atoms with van der Waals surface area (Å²) in [5.74, 6) is -1.89. The Morgan fingerprint density at radius 2 is 1.67 bits per heavy atom. The van der Waals surface area contributed by atoms with E-state index in [0.717, 1.165) is 22.4 Å². The van der Waals surface area contributed by atoms with E-state index in [2.05, 4.69) is 15.8 Å². The Balaban J connectivity index is 1.50. The number of halogens is 1. The molecule has 0 bridgehead atoms. The minimum absolute atomic E-state index is 0.171. The molecule has 164 valence electrons. The quantitative estimate of drug-likeness (QED) is 0.260. The highest BCUT2D eigenvalue weighted by atomic mass is 19.1. The molecule has 0 unspecified atom stereocenters. The maximum atomic E-state index is 13.3. The van der Waals surface area contributed by atoms with Crippen LogP contribution in [0.25, 0.3) is 10.8 Å². The molecule has 2 N–H and O–H groups in total. The van der Waals surface area contributed by atoms with Crippen molar-refractivity contribution in [1.82, 2.24) is 5.43 Å². The largest absolute Gasteiger partial charge is 0.488 e. The molecule has 0 aromatic heterocycles. The fourth-order valence-corrected chi connectivity index (χ4v) is 3.23. The number of hydrogen-bond donors (Lipinski definition) is 2. The second-order valence-electron chi connectivity index (χ2n) is 7.14. The lowest BCUT2D eigenvalue weighted by atomic mass is 10.0. The number of ether oxygens (including phenoxy) is 1. The van der Waals surface area contributed by atoms with Crippen LogP contribution in [0.1, 0.15) is 11.1 Å². The number of benzene rings is 4. The molecule has 0 aliphatic heterocycles. The first-order valence-electron chi connectivity index (χ1n) is 10.2. The standard InChI is InChI=1S/C26H20FN3O3/c27-20-10-6-11-21(15-20)29-25(31)26(32)30-28-16-23-22-12-5-4-9-19(22)13-14-24(23)33-17-18-7-2-1-3-8-18/h1-16H,17H2,(H,29,31)(H,30,32). The molecule has 4 aromatic rings. The van der Waals surface area contributed by atoms with E-state index in [9.17, 15) is 14.0 Å². The SMILES string of the molecule is O=C(NN=Cc1c(OCc2ccccc2)ccc2ccccc12)C(=O)Nc1cccc(F)c1. The van der Waals surface area contributed by atoms with Gasteiger partial charge in [0.25, 0.3) is 0 Å². The molecule has 0 heterocycles. The van der Waals surface area contributed by atoms with Gasteiger partial charge in [-0.2, -0.15) is 5.10 Å². The van der Waals surface area contributed by atoms with Crippen LogP contribution in [0, 0.1) is 5.82 Å². The maximum Gasteiger partial charge on any atom is 0.329 e. The van der Waals surface area contributed by atoms with E-state index in [0.29, 0.717) is 17.9 Å². The van der Waals surface area contributed by atoms with Crippen molar-refractivity contribution in [2.75, 3.05) is 5.32 Å². The lowest BCUT2D eigenvalue weighted by Gasteiger charge is -2.12. The summed E-state index contributed by atoms with van der Waals surface area (Å²) in [5, 5.41) is 8.12. The summed E-state index contributed by atoms with van der Waals surface area (Å²) >= 11 is 0. The third-order valence-corrected chi connectivity index (χ3v) is 4.82. The fourth-order valence-electron chi connectivity index (χ4n) is 3.23. The molecule has 33 heavy (non-hydrogen) atoms. The maximum absolute atomic E-state index is 13.3. The van der Waals surface area contributed by atoms with Crippen molar-refractivity contribution in [3.63, 3.8) is 0 Å². The zero-order valence-electron chi connectivity index (χ0n) is 17.5. The number of amides is 2. The number of rotatable bonds is 6. The summed E-state index contributed by atoms with van der Waals surface area (Å²) in [6.07, 6.45) is 1.44. The summed E-state index contributed by atoms with van der Waals surface area (Å²) in [6, 6.07) is 26.5. The molecule has 0 fully saturated rings. The van der Waals surface area contributed by atoms with Gasteiger partial charge >= 0.3 is 11.8 Å². The summed E-state index contributed by atoms with van der Waals surface area (Å²) in [6.45, 7) is 0.364. The second-order valence-corrected chi connectivity index (χ2v) is 7.14. The number of fused-ring (bicyclic) bond motifs is 1. The monoisotopic (exact) mass is 441 g/mol. The lowest BCUT2D eigenvalue weighted by molar-refractivity contribution is -0.136. The molecule has 0 spiro atoms. The second kappa shape index (κ2) is 10.2. The average molecular weight is 441 g/mol. The van der Waals surface area contributed by atoms with Gasteiger partial charge in [0.05, 0.1) is 6.21 Å². The van der Waals surface area contributed by atoms with Gasteiger partial charge in [-0.05, 0) is 40.6 Å². The molecular weight excluding hydrogens is 421 g/mol. The third-order valence-electron chi connectivity index (χ3n) is 4.82. The smallest absolute Gasteiger partial charge is 0.329 e. The van der Waals surface area contributed by atoms with Gasteiger partial charge in [0.2, 0.25) is 0 Å². The summed E-state index contributed by atoms with van der Waals surface area (Å²) in [4.78, 5) is 24.2. The molecule has 0 aliphatic carbocycles. The summed E-state index contributed by atoms with van der Waals surface area (Å²) in [5.41, 5.74) is 4.04. The first-order chi connectivity index (χ1) is 16.1. The summed E-state index contributed by atoms with van der Waals surface area (Å²) < 4.78 is 19.3. The summed E-state index contributed by atoms with van der Waals surface area (Å²) in [7, 11) is 0. The zero-order chi connectivity index (χ0) is 23.0. The van der Waals surface area contributed by atoms with Crippen molar-refractivity contribution in [2.45, 2.75) is 6.61 Å². The molecule has 0 aliphatic rings. The molecule has 0 atom stereocenters. The first kappa shape index (κ1) is 21.7. The van der Waals surface area contributed by atoms with E-state index < -0.39 is 17.6 Å². The van der Waals surface area contributed by atoms with Crippen molar-refractivity contribution in [3.8, 4) is 5.75 Å². The first-order valence-corrected chi connectivity index (χ1v) is 10.2. The Hall–Kier alpha value is -4.52. The van der Waals surface area contributed by atoms with Gasteiger partial charge in [-0.1, -0.05) is 66.7 Å². The van der Waals surface area contributed by atoms with Crippen LogP contribution >= 0.6 is 0 Å². The van der Waals surface area contributed by atoms with E-state index in [-0.39, 0.29) is 5.69 Å². The molecular formula is C26H20FN3O3. The van der Waals surface area contributed by atoms with Crippen molar-refractivity contribution < 1.29 is 18.7 Å². The number of nitrogens with one attached hydrogen (secondary N) is 2. The molecule has 6 nitrogen and oxygen atoms in total. The number of carbonyl (C=O) groups excluding carboxylic acids is 2. The van der Waals surface area contributed by atoms with Crippen LogP contribution in [0.15, 0.2) is 96.1 Å². The van der Waals surface area contributed by atoms with Crippen LogP contribution in [0.3, 0.4) is 0 Å². The van der Waals surface area contributed by atoms with Crippen LogP contribution in [-0.4, -0.2) is 18.0 Å². The minimum Gasteiger partial charge on any atom is -0.488 e. The molecule has 4 rings (SSSR count). The third kappa shape index (κ3) is 5.59. The number of anilines is 1. The Morgan fingerprint density at radius 1 is 0.879 bits per heavy atom. The van der Waals surface area contributed by atoms with Crippen LogP contribution in [0.4, 0.5) is 10.1 Å². The highest BCUT2D eigenvalue weighted by molar-refractivity contribution is 6.39. The van der Waals surface area contributed by atoms with Crippen molar-refractivity contribution in [1.29, 1.82) is 0 Å². The van der Waals surface area contributed by atoms with Crippen molar-refractivity contribution in [3.05, 3.63) is 108 Å². The van der Waals surface area contributed by atoms with Gasteiger partial charge in [-0.25, -0.2) is 9.82 Å². The minimum atomic E-state index is -0.984. The Bertz CT molecular complexity index is 1320. The van der Waals surface area contributed by atoms with Gasteiger partial charge in [0, 0.05) is 11.3 Å². The van der Waals surface area contributed by atoms with E-state index >= 15 is 0 Å². The topological polar surface area (TPSA) is 79.8 Å². The van der Waals surface area contributed by atoms with Gasteiger partial charge in [0.1, 0.15) is 18.2 Å². The van der Waals surface area contributed by atoms with Gasteiger partial charge in [-0.3, -0.25) is 9.59 Å². The van der Waals surface area contributed by atoms with E-state index in [4.69, 9.17) is 4.74 Å². The Labute approximate surface area is 189 Å². The number of hydrogen-bond acceptors (Lipinski definition) is 4. The molecule has 7 heteroatoms. The molecule has 0 saturated carbocycles. The average Bonchev–Trinajstić information content (AvgIpc) is 2.84. The van der Waals surface area contributed by atoms with Crippen LogP contribution in [0.5, 0.6) is 5.75 Å². The molecule has 4 aromatic carbocycles. The molecule has 2 amide bonds. The molecule has 0 saturated heterocycles. The van der Waals surface area contributed by atoms with E-state index in [1.165, 1.54) is 24.4 Å². The zero-order valence-corrected chi connectivity index (χ0v) is 17.5. The highest BCUT2D eigenvalue weighted by Gasteiger charge is 2.14. The fraction of sp³-hybridized carbons (Fsp3) is 0.0385. The highest BCUT2D eigenvalue weighted by Crippen LogP contribution is 2.27. The van der Waals surface area contributed by atoms with Crippen LogP contribution in [-0.2, 0) is 16.2 Å². The van der Waals surface area contributed by atoms with E-state index in [1.54, 1.807) is 0 Å². The van der Waals surface area contributed by atoms with Gasteiger partial charge in [0.15, 0.2) is 0 Å². The van der Waals surface area contributed by atoms with Crippen LogP contribution < -0.4 is 15.5 Å². The van der Waals surface area contributed by atoms with Gasteiger partial charge in [-0.15, -0.1) is 0 Å². The lowest BCUT2D eigenvalue weighted by Crippen LogP contribution is -2.32. The van der Waals surface area contributed by atoms with Gasteiger partial charge < -0.3 is 10.1 Å². The van der Waals surface area contributed by atoms with E-state index in [1.807, 2.05) is 66.7 Å². The predicted octanol–water partition coefficient (Wildman–Crippen LogP) is 4.65. The van der Waals surface area contributed by atoms with Crippen LogP contribution in [0.2, 0.25) is 0 Å². The Kier molecular flexibility index (Phi) is 6.70. The predicted molar refractivity (Wildman–Crippen MR) is 125 cm³/mol. The van der Waals surface area contributed by atoms with Crippen molar-refractivity contribution in [2.24, 2.45) is 5.10 Å². The number of nitrogens with zero attached hydrogens (tertiary/aromatic N) is 1.